The molecule has 88 valence electrons. The van der Waals surface area contributed by atoms with E-state index in [2.05, 4.69) is 27.1 Å². The Morgan fingerprint density at radius 1 is 1.28 bits per heavy atom. The summed E-state index contributed by atoms with van der Waals surface area (Å²) in [5.74, 6) is 0.815. The number of para-hydroxylation sites is 1. The van der Waals surface area contributed by atoms with Gasteiger partial charge in [-0.15, -0.1) is 0 Å². The molecule has 1 N–H and O–H groups in total. The summed E-state index contributed by atoms with van der Waals surface area (Å²) in [5.41, 5.74) is 2.19. The van der Waals surface area contributed by atoms with E-state index in [-0.39, 0.29) is 0 Å². The maximum Gasteiger partial charge on any atom is 0.176 e. The molecule has 0 saturated carbocycles. The second-order valence-corrected chi connectivity index (χ2v) is 5.01. The molecule has 2 aromatic rings. The Kier molecular flexibility index (Phi) is 2.07. The van der Waals surface area contributed by atoms with Gasteiger partial charge in [0.05, 0.1) is 0 Å². The minimum Gasteiger partial charge on any atom is -0.360 e. The van der Waals surface area contributed by atoms with Crippen molar-refractivity contribution in [1.29, 1.82) is 0 Å². The molecule has 0 unspecified atom stereocenters. The molecular weight excluding hydrogens is 244 g/mol. The second-order valence-electron chi connectivity index (χ2n) is 4.14. The molecule has 0 radical (unpaired) electrons. The molecular formula is C13H10N4S. The average molecular weight is 254 g/mol. The third-order valence-electron chi connectivity index (χ3n) is 3.06. The molecule has 5 heteroatoms. The minimum atomic E-state index is 0.650. The summed E-state index contributed by atoms with van der Waals surface area (Å²) < 4.78 is 0. The Labute approximate surface area is 108 Å². The number of nitrogens with one attached hydrogen (secondary N) is 1. The number of amidine groups is 2. The summed E-state index contributed by atoms with van der Waals surface area (Å²) >= 11 is 1.64. The molecule has 0 fully saturated rings. The van der Waals surface area contributed by atoms with Crippen LogP contribution in [0.25, 0.3) is 10.9 Å². The molecule has 1 aromatic carbocycles. The molecule has 3 heterocycles. The summed E-state index contributed by atoms with van der Waals surface area (Å²) in [5, 5.41) is 4.21. The van der Waals surface area contributed by atoms with Crippen LogP contribution in [0.4, 0.5) is 0 Å². The number of H-pyrrole nitrogens is 1. The number of benzene rings is 1. The van der Waals surface area contributed by atoms with Crippen molar-refractivity contribution in [2.24, 2.45) is 9.98 Å². The highest BCUT2D eigenvalue weighted by molar-refractivity contribution is 8.16. The monoisotopic (exact) mass is 254 g/mol. The maximum atomic E-state index is 4.61. The molecule has 1 aromatic heterocycles. The van der Waals surface area contributed by atoms with Gasteiger partial charge in [-0.05, 0) is 11.5 Å². The first kappa shape index (κ1) is 9.96. The van der Waals surface area contributed by atoms with Crippen LogP contribution < -0.4 is 0 Å². The molecule has 0 amide bonds. The number of nitrogens with zero attached hydrogens (tertiary/aromatic N) is 3. The van der Waals surface area contributed by atoms with Gasteiger partial charge in [0, 0.05) is 28.9 Å². The topological polar surface area (TPSA) is 43.8 Å². The first-order valence-corrected chi connectivity index (χ1v) is 6.59. The number of thioether (sulfide) groups is 1. The zero-order valence-electron chi connectivity index (χ0n) is 9.50. The fraction of sp³-hybridized carbons (Fsp3) is 0.0769. The Hall–Kier alpha value is -2.01. The van der Waals surface area contributed by atoms with E-state index in [4.69, 9.17) is 0 Å². The summed E-state index contributed by atoms with van der Waals surface area (Å²) in [6, 6.07) is 8.22. The van der Waals surface area contributed by atoms with Crippen LogP contribution in [0.1, 0.15) is 5.56 Å². The van der Waals surface area contributed by atoms with Gasteiger partial charge in [-0.2, -0.15) is 0 Å². The minimum absolute atomic E-state index is 0.650. The van der Waals surface area contributed by atoms with Crippen LogP contribution in [-0.2, 0) is 0 Å². The van der Waals surface area contributed by atoms with Gasteiger partial charge in [-0.25, -0.2) is 9.98 Å². The van der Waals surface area contributed by atoms with E-state index in [1.54, 1.807) is 11.8 Å². The van der Waals surface area contributed by atoms with Crippen molar-refractivity contribution in [3.63, 3.8) is 0 Å². The normalized spacial score (nSPS) is 17.9. The van der Waals surface area contributed by atoms with Gasteiger partial charge >= 0.3 is 0 Å². The molecule has 0 bridgehead atoms. The Morgan fingerprint density at radius 3 is 3.22 bits per heavy atom. The second kappa shape index (κ2) is 3.74. The van der Waals surface area contributed by atoms with Crippen LogP contribution in [0.5, 0.6) is 0 Å². The molecule has 4 rings (SSSR count). The highest BCUT2D eigenvalue weighted by Gasteiger charge is 2.20. The standard InChI is InChI=1S/C13H10N4S/c1-2-4-11-9(3-1)10(7-14-11)12-15-8-17-5-6-18-13(17)16-12/h1-7,14H,8H2. The first-order valence-electron chi connectivity index (χ1n) is 5.71. The fourth-order valence-corrected chi connectivity index (χ4v) is 2.89. The fourth-order valence-electron chi connectivity index (χ4n) is 2.17. The molecule has 2 aliphatic heterocycles. The lowest BCUT2D eigenvalue weighted by atomic mass is 10.1. The number of aliphatic imine (C=N–C) groups is 2. The Morgan fingerprint density at radius 2 is 2.22 bits per heavy atom. The number of aromatic amines is 1. The molecule has 18 heavy (non-hydrogen) atoms. The zero-order valence-corrected chi connectivity index (χ0v) is 10.3. The summed E-state index contributed by atoms with van der Waals surface area (Å²) in [6.45, 7) is 0.650. The Bertz CT molecular complexity index is 711. The summed E-state index contributed by atoms with van der Waals surface area (Å²) in [6.07, 6.45) is 4.00. The van der Waals surface area contributed by atoms with E-state index in [0.717, 1.165) is 22.1 Å². The van der Waals surface area contributed by atoms with Gasteiger partial charge < -0.3 is 9.88 Å². The van der Waals surface area contributed by atoms with E-state index >= 15 is 0 Å². The van der Waals surface area contributed by atoms with Gasteiger partial charge in [0.1, 0.15) is 6.67 Å². The third-order valence-corrected chi connectivity index (χ3v) is 3.86. The number of aromatic nitrogens is 1. The van der Waals surface area contributed by atoms with E-state index in [1.165, 1.54) is 5.39 Å². The smallest absolute Gasteiger partial charge is 0.176 e. The van der Waals surface area contributed by atoms with Crippen LogP contribution >= 0.6 is 11.8 Å². The SMILES string of the molecule is C1=CN2CN=C(c3c[nH]c4ccccc34)N=C2S1. The van der Waals surface area contributed by atoms with Gasteiger partial charge in [0.2, 0.25) is 0 Å². The summed E-state index contributed by atoms with van der Waals surface area (Å²) in [4.78, 5) is 14.4. The lowest BCUT2D eigenvalue weighted by molar-refractivity contribution is 0.584. The van der Waals surface area contributed by atoms with Crippen molar-refractivity contribution < 1.29 is 0 Å². The molecule has 0 atom stereocenters. The zero-order chi connectivity index (χ0) is 11.9. The largest absolute Gasteiger partial charge is 0.360 e. The van der Waals surface area contributed by atoms with Crippen molar-refractivity contribution in [3.8, 4) is 0 Å². The lowest BCUT2D eigenvalue weighted by Crippen LogP contribution is -2.25. The average Bonchev–Trinajstić information content (AvgIpc) is 3.04. The quantitative estimate of drug-likeness (QED) is 0.850. The predicted octanol–water partition coefficient (Wildman–Crippen LogP) is 2.76. The Balaban J connectivity index is 1.82. The first-order chi connectivity index (χ1) is 8.92. The van der Waals surface area contributed by atoms with Crippen LogP contribution in [-0.4, -0.2) is 27.6 Å². The number of hydrogen-bond donors (Lipinski definition) is 1. The number of rotatable bonds is 1. The van der Waals surface area contributed by atoms with Crippen molar-refractivity contribution in [3.05, 3.63) is 47.6 Å². The third kappa shape index (κ3) is 1.41. The summed E-state index contributed by atoms with van der Waals surface area (Å²) in [7, 11) is 0. The van der Waals surface area contributed by atoms with E-state index in [0.29, 0.717) is 6.67 Å². The van der Waals surface area contributed by atoms with Gasteiger partial charge in [0.15, 0.2) is 11.0 Å². The van der Waals surface area contributed by atoms with Gasteiger partial charge in [-0.3, -0.25) is 0 Å². The molecule has 0 spiro atoms. The lowest BCUT2D eigenvalue weighted by Gasteiger charge is -2.18. The van der Waals surface area contributed by atoms with Crippen molar-refractivity contribution >= 4 is 33.7 Å². The van der Waals surface area contributed by atoms with Crippen LogP contribution in [0, 0.1) is 0 Å². The van der Waals surface area contributed by atoms with Crippen molar-refractivity contribution in [2.45, 2.75) is 0 Å². The highest BCUT2D eigenvalue weighted by Crippen LogP contribution is 2.25. The molecule has 0 saturated heterocycles. The molecule has 4 nitrogen and oxygen atoms in total. The van der Waals surface area contributed by atoms with Crippen molar-refractivity contribution in [2.75, 3.05) is 6.67 Å². The maximum absolute atomic E-state index is 4.61. The highest BCUT2D eigenvalue weighted by atomic mass is 32.2. The van der Waals surface area contributed by atoms with Crippen LogP contribution in [0.2, 0.25) is 0 Å². The number of hydrogen-bond acceptors (Lipinski definition) is 4. The van der Waals surface area contributed by atoms with E-state index in [1.807, 2.05) is 34.8 Å². The number of fused-ring (bicyclic) bond motifs is 2. The molecule has 0 aliphatic carbocycles. The molecule has 2 aliphatic rings. The van der Waals surface area contributed by atoms with E-state index in [9.17, 15) is 0 Å². The van der Waals surface area contributed by atoms with Crippen LogP contribution in [0.3, 0.4) is 0 Å². The van der Waals surface area contributed by atoms with Crippen molar-refractivity contribution in [1.82, 2.24) is 9.88 Å². The van der Waals surface area contributed by atoms with Crippen LogP contribution in [0.15, 0.2) is 52.1 Å². The van der Waals surface area contributed by atoms with E-state index < -0.39 is 0 Å². The predicted molar refractivity (Wildman–Crippen MR) is 75.7 cm³/mol. The van der Waals surface area contributed by atoms with Gasteiger partial charge in [-0.1, -0.05) is 30.0 Å². The van der Waals surface area contributed by atoms with Gasteiger partial charge in [0.25, 0.3) is 0 Å².